The number of ether oxygens (including phenoxy) is 1. The number of benzene rings is 2. The van der Waals surface area contributed by atoms with Crippen molar-refractivity contribution in [1.82, 2.24) is 9.38 Å². The quantitative estimate of drug-likeness (QED) is 0.331. The van der Waals surface area contributed by atoms with Crippen LogP contribution in [-0.4, -0.2) is 21.2 Å². The van der Waals surface area contributed by atoms with Crippen molar-refractivity contribution in [3.63, 3.8) is 0 Å². The highest BCUT2D eigenvalue weighted by atomic mass is 19.1. The molecule has 1 N–H and O–H groups in total. The number of rotatable bonds is 5. The topological polar surface area (TPSA) is 72.3 Å². The molecule has 0 amide bonds. The van der Waals surface area contributed by atoms with Gasteiger partial charge in [0.05, 0.1) is 23.7 Å². The third-order valence-corrected chi connectivity index (χ3v) is 5.06. The van der Waals surface area contributed by atoms with Gasteiger partial charge in [0.25, 0.3) is 0 Å². The summed E-state index contributed by atoms with van der Waals surface area (Å²) < 4.78 is 26.8. The summed E-state index contributed by atoms with van der Waals surface area (Å²) in [5.74, 6) is 0.848. The first-order chi connectivity index (χ1) is 15.2. The summed E-state index contributed by atoms with van der Waals surface area (Å²) in [6.07, 6.45) is 6.18. The molecule has 5 aromatic rings. The van der Waals surface area contributed by atoms with Crippen LogP contribution in [-0.2, 0) is 6.42 Å². The summed E-state index contributed by atoms with van der Waals surface area (Å²) in [7, 11) is 0. The first kappa shape index (κ1) is 18.9. The van der Waals surface area contributed by atoms with E-state index < -0.39 is 0 Å². The molecule has 5 rings (SSSR count). The standard InChI is InChI=1S/C24H18FN3O3/c25-17-5-3-16(4-6-17)9-11-30-19-7-8-23-20(12-19)21(27-29)13-24(31-23)22-15-28-10-1-2-18(28)14-26-22/h1-8,10,12-15,29H,9,11H2/b27-21+. The van der Waals surface area contributed by atoms with E-state index in [1.54, 1.807) is 42.6 Å². The smallest absolute Gasteiger partial charge is 0.156 e. The molecular formula is C24H18FN3O3. The number of fused-ring (bicyclic) bond motifs is 2. The molecule has 0 aliphatic rings. The van der Waals surface area contributed by atoms with Crippen LogP contribution < -0.4 is 10.1 Å². The Balaban J connectivity index is 1.42. The summed E-state index contributed by atoms with van der Waals surface area (Å²) in [5.41, 5.74) is 3.12. The van der Waals surface area contributed by atoms with Crippen molar-refractivity contribution in [1.29, 1.82) is 0 Å². The van der Waals surface area contributed by atoms with Gasteiger partial charge in [-0.05, 0) is 48.0 Å². The van der Waals surface area contributed by atoms with Gasteiger partial charge in [0, 0.05) is 24.9 Å². The van der Waals surface area contributed by atoms with Gasteiger partial charge in [-0.3, -0.25) is 0 Å². The van der Waals surface area contributed by atoms with Gasteiger partial charge < -0.3 is 18.8 Å². The molecular weight excluding hydrogens is 397 g/mol. The van der Waals surface area contributed by atoms with Crippen molar-refractivity contribution < 1.29 is 18.8 Å². The number of nitrogens with zero attached hydrogens (tertiary/aromatic N) is 3. The van der Waals surface area contributed by atoms with Crippen LogP contribution >= 0.6 is 0 Å². The fourth-order valence-electron chi connectivity index (χ4n) is 3.45. The number of halogens is 1. The minimum atomic E-state index is -0.258. The van der Waals surface area contributed by atoms with Gasteiger partial charge >= 0.3 is 0 Å². The molecule has 154 valence electrons. The minimum Gasteiger partial charge on any atom is -0.493 e. The van der Waals surface area contributed by atoms with Crippen molar-refractivity contribution in [2.24, 2.45) is 5.16 Å². The fourth-order valence-corrected chi connectivity index (χ4v) is 3.45. The molecule has 2 aromatic carbocycles. The minimum absolute atomic E-state index is 0.258. The van der Waals surface area contributed by atoms with E-state index >= 15 is 0 Å². The molecule has 0 aliphatic heterocycles. The molecule has 0 spiro atoms. The van der Waals surface area contributed by atoms with E-state index in [0.717, 1.165) is 11.1 Å². The van der Waals surface area contributed by atoms with Crippen molar-refractivity contribution in [2.45, 2.75) is 6.42 Å². The van der Waals surface area contributed by atoms with Crippen LogP contribution in [0.25, 0.3) is 27.9 Å². The number of aromatic nitrogens is 2. The molecule has 0 saturated heterocycles. The van der Waals surface area contributed by atoms with Crippen LogP contribution in [0.5, 0.6) is 5.75 Å². The maximum atomic E-state index is 13.0. The molecule has 3 aromatic heterocycles. The molecule has 6 nitrogen and oxygen atoms in total. The van der Waals surface area contributed by atoms with E-state index in [1.807, 2.05) is 28.9 Å². The van der Waals surface area contributed by atoms with Gasteiger partial charge in [-0.2, -0.15) is 0 Å². The molecule has 0 bridgehead atoms. The molecule has 0 unspecified atom stereocenters. The highest BCUT2D eigenvalue weighted by Crippen LogP contribution is 2.24. The molecule has 3 heterocycles. The van der Waals surface area contributed by atoms with E-state index in [9.17, 15) is 9.60 Å². The van der Waals surface area contributed by atoms with Gasteiger partial charge in [0.15, 0.2) is 5.76 Å². The Hall–Kier alpha value is -4.13. The summed E-state index contributed by atoms with van der Waals surface area (Å²) >= 11 is 0. The number of hydrogen-bond acceptors (Lipinski definition) is 5. The zero-order chi connectivity index (χ0) is 21.2. The summed E-state index contributed by atoms with van der Waals surface area (Å²) in [6, 6.07) is 17.2. The monoisotopic (exact) mass is 415 g/mol. The Labute approximate surface area is 176 Å². The maximum Gasteiger partial charge on any atom is 0.156 e. The van der Waals surface area contributed by atoms with Gasteiger partial charge in [0.1, 0.15) is 28.2 Å². The molecule has 0 fully saturated rings. The van der Waals surface area contributed by atoms with Crippen molar-refractivity contribution in [3.8, 4) is 17.2 Å². The Morgan fingerprint density at radius 1 is 1.10 bits per heavy atom. The van der Waals surface area contributed by atoms with E-state index in [4.69, 9.17) is 9.15 Å². The second-order valence-corrected chi connectivity index (χ2v) is 7.09. The first-order valence-corrected chi connectivity index (χ1v) is 9.76. The van der Waals surface area contributed by atoms with Gasteiger partial charge in [-0.15, -0.1) is 0 Å². The number of hydrogen-bond donors (Lipinski definition) is 1. The fraction of sp³-hybridized carbons (Fsp3) is 0.0833. The van der Waals surface area contributed by atoms with Crippen LogP contribution in [0.2, 0.25) is 0 Å². The predicted molar refractivity (Wildman–Crippen MR) is 113 cm³/mol. The van der Waals surface area contributed by atoms with Gasteiger partial charge in [0.2, 0.25) is 0 Å². The molecule has 0 radical (unpaired) electrons. The SMILES string of the molecule is O/N=c1\cc(-c2cn3cccc3cn2)oc2ccc(OCCc3ccc(F)cc3)cc12. The zero-order valence-corrected chi connectivity index (χ0v) is 16.4. The second-order valence-electron chi connectivity index (χ2n) is 7.09. The average molecular weight is 415 g/mol. The van der Waals surface area contributed by atoms with E-state index in [1.165, 1.54) is 12.1 Å². The van der Waals surface area contributed by atoms with Crippen molar-refractivity contribution >= 4 is 16.5 Å². The molecule has 0 saturated carbocycles. The van der Waals surface area contributed by atoms with Crippen molar-refractivity contribution in [3.05, 3.63) is 96.0 Å². The van der Waals surface area contributed by atoms with E-state index in [-0.39, 0.29) is 5.82 Å². The lowest BCUT2D eigenvalue weighted by Gasteiger charge is -2.09. The summed E-state index contributed by atoms with van der Waals surface area (Å²) in [6.45, 7) is 0.429. The molecule has 7 heteroatoms. The largest absolute Gasteiger partial charge is 0.493 e. The Morgan fingerprint density at radius 3 is 2.81 bits per heavy atom. The molecule has 0 atom stereocenters. The highest BCUT2D eigenvalue weighted by Gasteiger charge is 2.10. The normalized spacial score (nSPS) is 12.0. The molecule has 0 aliphatic carbocycles. The van der Waals surface area contributed by atoms with Crippen LogP contribution in [0.4, 0.5) is 4.39 Å². The summed E-state index contributed by atoms with van der Waals surface area (Å²) in [4.78, 5) is 4.44. The Morgan fingerprint density at radius 2 is 1.97 bits per heavy atom. The zero-order valence-electron chi connectivity index (χ0n) is 16.4. The lowest BCUT2D eigenvalue weighted by Crippen LogP contribution is -2.06. The molecule has 31 heavy (non-hydrogen) atoms. The van der Waals surface area contributed by atoms with Crippen LogP contribution in [0.15, 0.2) is 88.8 Å². The lowest BCUT2D eigenvalue weighted by atomic mass is 10.1. The van der Waals surface area contributed by atoms with Crippen molar-refractivity contribution in [2.75, 3.05) is 6.61 Å². The predicted octanol–water partition coefficient (Wildman–Crippen LogP) is 4.80. The first-order valence-electron chi connectivity index (χ1n) is 9.76. The van der Waals surface area contributed by atoms with E-state index in [0.29, 0.717) is 46.6 Å². The summed E-state index contributed by atoms with van der Waals surface area (Å²) in [5, 5.41) is 14.0. The van der Waals surface area contributed by atoms with E-state index in [2.05, 4.69) is 10.1 Å². The van der Waals surface area contributed by atoms with Gasteiger partial charge in [-0.25, -0.2) is 9.37 Å². The third-order valence-electron chi connectivity index (χ3n) is 5.06. The van der Waals surface area contributed by atoms with Crippen LogP contribution in [0.3, 0.4) is 0 Å². The highest BCUT2D eigenvalue weighted by molar-refractivity contribution is 5.79. The average Bonchev–Trinajstić information content (AvgIpc) is 3.27. The van der Waals surface area contributed by atoms with Gasteiger partial charge in [-0.1, -0.05) is 17.3 Å². The second kappa shape index (κ2) is 7.95. The maximum absolute atomic E-state index is 13.0. The van der Waals surface area contributed by atoms with Crippen LogP contribution in [0.1, 0.15) is 5.56 Å². The van der Waals surface area contributed by atoms with Crippen LogP contribution in [0, 0.1) is 5.82 Å². The Kier molecular flexibility index (Phi) is 4.84. The third kappa shape index (κ3) is 3.85. The lowest BCUT2D eigenvalue weighted by molar-refractivity contribution is 0.302. The Bertz CT molecular complexity index is 1440.